The molecular weight excluding hydrogens is 392 g/mol. The van der Waals surface area contributed by atoms with Crippen LogP contribution in [0.1, 0.15) is 49.4 Å². The predicted octanol–water partition coefficient (Wildman–Crippen LogP) is 2.59. The van der Waals surface area contributed by atoms with E-state index in [1.807, 2.05) is 0 Å². The largest absolute Gasteiger partial charge is 0.452 e. The van der Waals surface area contributed by atoms with E-state index in [1.165, 1.54) is 22.5 Å². The summed E-state index contributed by atoms with van der Waals surface area (Å²) >= 11 is 6.02. The molecule has 1 aromatic carbocycles. The summed E-state index contributed by atoms with van der Waals surface area (Å²) < 4.78 is 31.6. The second-order valence-electron chi connectivity index (χ2n) is 6.39. The molecule has 0 aliphatic carbocycles. The second-order valence-corrected chi connectivity index (χ2v) is 8.73. The SMILES string of the molecule is CCCCCNC(=O)COC(=O)c1cc(S(=O)(=O)N2CCCC2)ccc1Cl. The van der Waals surface area contributed by atoms with Gasteiger partial charge in [0.05, 0.1) is 15.5 Å². The first-order valence-electron chi connectivity index (χ1n) is 9.09. The number of rotatable bonds is 9. The zero-order chi connectivity index (χ0) is 19.9. The van der Waals surface area contributed by atoms with E-state index in [4.69, 9.17) is 16.3 Å². The van der Waals surface area contributed by atoms with Crippen LogP contribution < -0.4 is 5.32 Å². The molecule has 150 valence electrons. The quantitative estimate of drug-likeness (QED) is 0.493. The maximum absolute atomic E-state index is 12.6. The molecule has 0 spiro atoms. The molecule has 1 heterocycles. The number of halogens is 1. The number of unbranched alkanes of at least 4 members (excludes halogenated alkanes) is 2. The van der Waals surface area contributed by atoms with E-state index in [9.17, 15) is 18.0 Å². The van der Waals surface area contributed by atoms with Crippen molar-refractivity contribution >= 4 is 33.5 Å². The highest BCUT2D eigenvalue weighted by Crippen LogP contribution is 2.25. The third-order valence-electron chi connectivity index (χ3n) is 4.30. The summed E-state index contributed by atoms with van der Waals surface area (Å²) in [5, 5.41) is 2.73. The van der Waals surface area contributed by atoms with E-state index >= 15 is 0 Å². The van der Waals surface area contributed by atoms with E-state index in [-0.39, 0.29) is 15.5 Å². The van der Waals surface area contributed by atoms with E-state index < -0.39 is 28.5 Å². The van der Waals surface area contributed by atoms with Crippen LogP contribution in [0, 0.1) is 0 Å². The van der Waals surface area contributed by atoms with Gasteiger partial charge in [0.15, 0.2) is 6.61 Å². The van der Waals surface area contributed by atoms with Crippen molar-refractivity contribution < 1.29 is 22.7 Å². The van der Waals surface area contributed by atoms with E-state index in [0.717, 1.165) is 32.1 Å². The monoisotopic (exact) mass is 416 g/mol. The lowest BCUT2D eigenvalue weighted by Crippen LogP contribution is -2.30. The fraction of sp³-hybridized carbons (Fsp3) is 0.556. The Kier molecular flexibility index (Phi) is 8.07. The van der Waals surface area contributed by atoms with Gasteiger partial charge in [0.25, 0.3) is 5.91 Å². The molecule has 1 fully saturated rings. The number of nitrogens with zero attached hydrogens (tertiary/aromatic N) is 1. The van der Waals surface area contributed by atoms with E-state index in [1.54, 1.807) is 0 Å². The molecule has 0 bridgehead atoms. The minimum absolute atomic E-state index is 0.00947. The molecule has 1 N–H and O–H groups in total. The number of hydrogen-bond acceptors (Lipinski definition) is 5. The zero-order valence-electron chi connectivity index (χ0n) is 15.4. The Bertz CT molecular complexity index is 776. The summed E-state index contributed by atoms with van der Waals surface area (Å²) in [7, 11) is -3.67. The number of hydrogen-bond donors (Lipinski definition) is 1. The Morgan fingerprint density at radius 2 is 1.93 bits per heavy atom. The zero-order valence-corrected chi connectivity index (χ0v) is 16.9. The Morgan fingerprint density at radius 3 is 2.59 bits per heavy atom. The number of ether oxygens (including phenoxy) is 1. The van der Waals surface area contributed by atoms with Gasteiger partial charge in [-0.3, -0.25) is 4.79 Å². The lowest BCUT2D eigenvalue weighted by atomic mass is 10.2. The topological polar surface area (TPSA) is 92.8 Å². The number of esters is 1. The number of benzene rings is 1. The van der Waals surface area contributed by atoms with Gasteiger partial charge in [-0.2, -0.15) is 4.31 Å². The van der Waals surface area contributed by atoms with Crippen LogP contribution in [0.2, 0.25) is 5.02 Å². The minimum Gasteiger partial charge on any atom is -0.452 e. The van der Waals surface area contributed by atoms with Crippen molar-refractivity contribution in [3.05, 3.63) is 28.8 Å². The molecule has 0 radical (unpaired) electrons. The molecule has 0 unspecified atom stereocenters. The van der Waals surface area contributed by atoms with Crippen LogP contribution in [0.4, 0.5) is 0 Å². The summed E-state index contributed by atoms with van der Waals surface area (Å²) in [5.41, 5.74) is -0.0734. The summed E-state index contributed by atoms with van der Waals surface area (Å²) in [6.07, 6.45) is 4.54. The summed E-state index contributed by atoms with van der Waals surface area (Å²) in [6.45, 7) is 3.07. The van der Waals surface area contributed by atoms with Gasteiger partial charge in [-0.25, -0.2) is 13.2 Å². The lowest BCUT2D eigenvalue weighted by Gasteiger charge is -2.16. The highest BCUT2D eigenvalue weighted by Gasteiger charge is 2.28. The first-order chi connectivity index (χ1) is 12.9. The molecule has 9 heteroatoms. The molecule has 7 nitrogen and oxygen atoms in total. The smallest absolute Gasteiger partial charge is 0.340 e. The van der Waals surface area contributed by atoms with Gasteiger partial charge in [-0.1, -0.05) is 31.4 Å². The van der Waals surface area contributed by atoms with Crippen LogP contribution in [0.3, 0.4) is 0 Å². The molecule has 0 aromatic heterocycles. The van der Waals surface area contributed by atoms with Crippen molar-refractivity contribution in [1.29, 1.82) is 0 Å². The van der Waals surface area contributed by atoms with Crippen molar-refractivity contribution in [2.45, 2.75) is 43.9 Å². The minimum atomic E-state index is -3.67. The number of amides is 1. The molecule has 1 amide bonds. The first-order valence-corrected chi connectivity index (χ1v) is 10.9. The maximum atomic E-state index is 12.6. The van der Waals surface area contributed by atoms with Crippen molar-refractivity contribution in [3.8, 4) is 0 Å². The van der Waals surface area contributed by atoms with Gasteiger partial charge in [-0.15, -0.1) is 0 Å². The van der Waals surface area contributed by atoms with Crippen LogP contribution >= 0.6 is 11.6 Å². The molecule has 27 heavy (non-hydrogen) atoms. The third-order valence-corrected chi connectivity index (χ3v) is 6.52. The van der Waals surface area contributed by atoms with Crippen LogP contribution in [0.15, 0.2) is 23.1 Å². The fourth-order valence-corrected chi connectivity index (χ4v) is 4.50. The van der Waals surface area contributed by atoms with Gasteiger partial charge in [0, 0.05) is 19.6 Å². The number of sulfonamides is 1. The third kappa shape index (κ3) is 5.92. The van der Waals surface area contributed by atoms with Gasteiger partial charge in [-0.05, 0) is 37.5 Å². The van der Waals surface area contributed by atoms with Crippen molar-refractivity contribution in [3.63, 3.8) is 0 Å². The van der Waals surface area contributed by atoms with E-state index in [2.05, 4.69) is 12.2 Å². The molecule has 2 rings (SSSR count). The highest BCUT2D eigenvalue weighted by atomic mass is 35.5. The van der Waals surface area contributed by atoms with Crippen molar-refractivity contribution in [2.24, 2.45) is 0 Å². The Morgan fingerprint density at radius 1 is 1.22 bits per heavy atom. The molecule has 0 atom stereocenters. The van der Waals surface area contributed by atoms with E-state index in [0.29, 0.717) is 19.6 Å². The first kappa shape index (κ1) is 21.7. The summed E-state index contributed by atoms with van der Waals surface area (Å²) in [5.74, 6) is -1.24. The number of nitrogens with one attached hydrogen (secondary N) is 1. The highest BCUT2D eigenvalue weighted by molar-refractivity contribution is 7.89. The molecule has 0 saturated carbocycles. The van der Waals surface area contributed by atoms with Crippen LogP contribution in [-0.4, -0.2) is 50.8 Å². The number of carbonyl (C=O) groups excluding carboxylic acids is 2. The lowest BCUT2D eigenvalue weighted by molar-refractivity contribution is -0.124. The molecule has 1 aliphatic heterocycles. The average molecular weight is 417 g/mol. The van der Waals surface area contributed by atoms with Crippen molar-refractivity contribution in [1.82, 2.24) is 9.62 Å². The second kappa shape index (κ2) is 10.1. The Balaban J connectivity index is 2.00. The fourth-order valence-electron chi connectivity index (χ4n) is 2.76. The van der Waals surface area contributed by atoms with Gasteiger partial charge in [0.1, 0.15) is 0 Å². The summed E-state index contributed by atoms with van der Waals surface area (Å²) in [6, 6.07) is 3.93. The van der Waals surface area contributed by atoms with Crippen LogP contribution in [-0.2, 0) is 19.6 Å². The summed E-state index contributed by atoms with van der Waals surface area (Å²) in [4.78, 5) is 23.9. The Hall–Kier alpha value is -1.64. The normalized spacial score (nSPS) is 14.9. The standard InChI is InChI=1S/C18H25ClN2O5S/c1-2-3-4-9-20-17(22)13-26-18(23)15-12-14(7-8-16(15)19)27(24,25)21-10-5-6-11-21/h7-8,12H,2-6,9-11,13H2,1H3,(H,20,22). The number of carbonyl (C=O) groups is 2. The van der Waals surface area contributed by atoms with Crippen LogP contribution in [0.5, 0.6) is 0 Å². The Labute approximate surface area is 165 Å². The molecule has 1 aliphatic rings. The van der Waals surface area contributed by atoms with Crippen molar-refractivity contribution in [2.75, 3.05) is 26.2 Å². The van der Waals surface area contributed by atoms with Gasteiger partial charge >= 0.3 is 5.97 Å². The molecule has 1 aromatic rings. The average Bonchev–Trinajstić information content (AvgIpc) is 3.19. The van der Waals surface area contributed by atoms with Gasteiger partial charge in [0.2, 0.25) is 10.0 Å². The van der Waals surface area contributed by atoms with Gasteiger partial charge < -0.3 is 10.1 Å². The maximum Gasteiger partial charge on any atom is 0.340 e. The molecule has 1 saturated heterocycles. The van der Waals surface area contributed by atoms with Crippen LogP contribution in [0.25, 0.3) is 0 Å². The molecular formula is C18H25ClN2O5S. The predicted molar refractivity (Wildman–Crippen MR) is 102 cm³/mol.